The number of hydrogen-bond acceptors (Lipinski definition) is 3. The van der Waals surface area contributed by atoms with Gasteiger partial charge in [-0.15, -0.1) is 0 Å². The van der Waals surface area contributed by atoms with Gasteiger partial charge in [-0.3, -0.25) is 0 Å². The Bertz CT molecular complexity index is 696. The molecule has 0 unspecified atom stereocenters. The minimum Gasteiger partial charge on any atom is -0.373 e. The molecule has 3 heteroatoms. The Kier molecular flexibility index (Phi) is 5.54. The number of carbonyl (C=O) groups is 1. The van der Waals surface area contributed by atoms with E-state index in [1.807, 2.05) is 6.92 Å². The number of rotatable bonds is 6. The van der Waals surface area contributed by atoms with Gasteiger partial charge in [-0.1, -0.05) is 54.6 Å². The molecule has 3 rings (SSSR count). The molecule has 0 aliphatic heterocycles. The summed E-state index contributed by atoms with van der Waals surface area (Å²) in [5.74, 6) is 5.21. The average molecular weight is 337 g/mol. The van der Waals surface area contributed by atoms with Crippen LogP contribution in [0.5, 0.6) is 0 Å². The maximum atomic E-state index is 11.9. The van der Waals surface area contributed by atoms with Crippen LogP contribution in [0.1, 0.15) is 55.2 Å². The number of aryl methyl sites for hydroxylation is 2. The summed E-state index contributed by atoms with van der Waals surface area (Å²) in [5, 5.41) is 0. The van der Waals surface area contributed by atoms with Crippen molar-refractivity contribution in [3.8, 4) is 0 Å². The molecular weight excluding hydrogens is 310 g/mol. The molecule has 1 aliphatic rings. The van der Waals surface area contributed by atoms with E-state index in [9.17, 15) is 4.79 Å². The first-order valence-electron chi connectivity index (χ1n) is 9.15. The first kappa shape index (κ1) is 17.7. The van der Waals surface area contributed by atoms with Crippen LogP contribution >= 0.6 is 0 Å². The van der Waals surface area contributed by atoms with Crippen molar-refractivity contribution in [2.45, 2.75) is 51.4 Å². The molecule has 0 heterocycles. The van der Waals surface area contributed by atoms with Crippen molar-refractivity contribution in [1.82, 2.24) is 0 Å². The molecule has 25 heavy (non-hydrogen) atoms. The van der Waals surface area contributed by atoms with Gasteiger partial charge in [0.05, 0.1) is 5.41 Å². The first-order chi connectivity index (χ1) is 12.1. The number of benzene rings is 2. The third-order valence-corrected chi connectivity index (χ3v) is 5.57. The lowest BCUT2D eigenvalue weighted by molar-refractivity contribution is -0.155. The van der Waals surface area contributed by atoms with Gasteiger partial charge in [0.25, 0.3) is 0 Å². The summed E-state index contributed by atoms with van der Waals surface area (Å²) in [6.07, 6.45) is 6.04. The molecule has 3 nitrogen and oxygen atoms in total. The van der Waals surface area contributed by atoms with Crippen LogP contribution in [0.25, 0.3) is 0 Å². The van der Waals surface area contributed by atoms with Crippen molar-refractivity contribution in [2.75, 3.05) is 0 Å². The van der Waals surface area contributed by atoms with Crippen molar-refractivity contribution in [3.63, 3.8) is 0 Å². The summed E-state index contributed by atoms with van der Waals surface area (Å²) >= 11 is 0. The smallest absolute Gasteiger partial charge is 0.330 e. The van der Waals surface area contributed by atoms with E-state index in [2.05, 4.69) is 59.4 Å². The van der Waals surface area contributed by atoms with Crippen LogP contribution in [0, 0.1) is 5.41 Å². The minimum absolute atomic E-state index is 0.285. The fourth-order valence-electron chi connectivity index (χ4n) is 3.95. The first-order valence-corrected chi connectivity index (χ1v) is 9.15. The Hall–Kier alpha value is -2.13. The van der Waals surface area contributed by atoms with Crippen LogP contribution in [0.4, 0.5) is 0 Å². The molecule has 2 N–H and O–H groups in total. The topological polar surface area (TPSA) is 52.3 Å². The molecule has 2 aromatic carbocycles. The largest absolute Gasteiger partial charge is 0.373 e. The van der Waals surface area contributed by atoms with Gasteiger partial charge in [0, 0.05) is 0 Å². The fraction of sp³-hybridized carbons (Fsp3) is 0.409. The molecule has 1 saturated carbocycles. The number of carbonyl (C=O) groups excluding carboxylic acids is 1. The SMILES string of the molecule is C[C@@]1(C(=O)ON)CC[C@H](c2ccc(CCCc3ccccc3)cc2)C1. The van der Waals surface area contributed by atoms with Crippen LogP contribution in [-0.4, -0.2) is 5.97 Å². The van der Waals surface area contributed by atoms with E-state index in [0.29, 0.717) is 5.92 Å². The Morgan fingerprint density at radius 3 is 2.36 bits per heavy atom. The van der Waals surface area contributed by atoms with E-state index in [4.69, 9.17) is 5.90 Å². The monoisotopic (exact) mass is 337 g/mol. The molecule has 2 aromatic rings. The Labute approximate surface area is 150 Å². The van der Waals surface area contributed by atoms with E-state index >= 15 is 0 Å². The van der Waals surface area contributed by atoms with Gasteiger partial charge in [-0.25, -0.2) is 4.79 Å². The van der Waals surface area contributed by atoms with Crippen molar-refractivity contribution >= 4 is 5.97 Å². The second kappa shape index (κ2) is 7.83. The zero-order chi connectivity index (χ0) is 17.7. The van der Waals surface area contributed by atoms with E-state index in [0.717, 1.165) is 38.5 Å². The van der Waals surface area contributed by atoms with Crippen LogP contribution < -0.4 is 5.90 Å². The molecule has 0 radical (unpaired) electrons. The van der Waals surface area contributed by atoms with E-state index in [1.54, 1.807) is 0 Å². The van der Waals surface area contributed by atoms with Gasteiger partial charge in [0.1, 0.15) is 0 Å². The van der Waals surface area contributed by atoms with Crippen LogP contribution in [0.15, 0.2) is 54.6 Å². The van der Waals surface area contributed by atoms with Crippen molar-refractivity contribution in [2.24, 2.45) is 11.3 Å². The Morgan fingerprint density at radius 2 is 1.72 bits per heavy atom. The van der Waals surface area contributed by atoms with Crippen LogP contribution in [0.3, 0.4) is 0 Å². The fourth-order valence-corrected chi connectivity index (χ4v) is 3.95. The van der Waals surface area contributed by atoms with Gasteiger partial charge in [0.15, 0.2) is 0 Å². The van der Waals surface area contributed by atoms with Crippen molar-refractivity contribution in [3.05, 3.63) is 71.3 Å². The molecular formula is C22H27NO2. The third-order valence-electron chi connectivity index (χ3n) is 5.57. The van der Waals surface area contributed by atoms with Gasteiger partial charge in [-0.2, -0.15) is 5.90 Å². The third kappa shape index (κ3) is 4.29. The predicted octanol–water partition coefficient (Wildman–Crippen LogP) is 4.55. The molecule has 0 amide bonds. The van der Waals surface area contributed by atoms with Gasteiger partial charge in [0.2, 0.25) is 0 Å². The molecule has 0 bridgehead atoms. The summed E-state index contributed by atoms with van der Waals surface area (Å²) in [4.78, 5) is 16.3. The molecule has 2 atom stereocenters. The maximum Gasteiger partial charge on any atom is 0.330 e. The highest BCUT2D eigenvalue weighted by atomic mass is 16.7. The molecule has 0 spiro atoms. The highest BCUT2D eigenvalue weighted by Crippen LogP contribution is 2.46. The quantitative estimate of drug-likeness (QED) is 0.787. The highest BCUT2D eigenvalue weighted by Gasteiger charge is 2.42. The van der Waals surface area contributed by atoms with Crippen LogP contribution in [-0.2, 0) is 22.5 Å². The number of hydrogen-bond donors (Lipinski definition) is 1. The molecule has 1 aliphatic carbocycles. The molecule has 132 valence electrons. The normalized spacial score (nSPS) is 22.7. The zero-order valence-corrected chi connectivity index (χ0v) is 14.9. The van der Waals surface area contributed by atoms with Crippen molar-refractivity contribution in [1.29, 1.82) is 0 Å². The second-order valence-corrected chi connectivity index (χ2v) is 7.49. The lowest BCUT2D eigenvalue weighted by Crippen LogP contribution is -2.29. The second-order valence-electron chi connectivity index (χ2n) is 7.49. The van der Waals surface area contributed by atoms with E-state index < -0.39 is 5.41 Å². The summed E-state index contributed by atoms with van der Waals surface area (Å²) in [6, 6.07) is 19.5. The lowest BCUT2D eigenvalue weighted by atomic mass is 9.86. The summed E-state index contributed by atoms with van der Waals surface area (Å²) < 4.78 is 0. The summed E-state index contributed by atoms with van der Waals surface area (Å²) in [5.41, 5.74) is 3.66. The van der Waals surface area contributed by atoms with E-state index in [1.165, 1.54) is 16.7 Å². The van der Waals surface area contributed by atoms with Gasteiger partial charge in [-0.05, 0) is 68.1 Å². The summed E-state index contributed by atoms with van der Waals surface area (Å²) in [6.45, 7) is 1.96. The summed E-state index contributed by atoms with van der Waals surface area (Å²) in [7, 11) is 0. The van der Waals surface area contributed by atoms with Gasteiger partial charge < -0.3 is 4.84 Å². The Morgan fingerprint density at radius 1 is 1.08 bits per heavy atom. The van der Waals surface area contributed by atoms with Crippen molar-refractivity contribution < 1.29 is 9.63 Å². The standard InChI is InChI=1S/C22H27NO2/c1-22(21(24)25-23)15-14-20(16-22)19-12-10-18(11-13-19)9-5-8-17-6-3-2-4-7-17/h2-4,6-7,10-13,20H,5,8-9,14-16,23H2,1H3/t20-,22+/m0/s1. The predicted molar refractivity (Wildman–Crippen MR) is 99.9 cm³/mol. The highest BCUT2D eigenvalue weighted by molar-refractivity contribution is 5.76. The molecule has 0 saturated heterocycles. The number of nitrogens with two attached hydrogens (primary N) is 1. The minimum atomic E-state index is -0.437. The van der Waals surface area contributed by atoms with Gasteiger partial charge >= 0.3 is 5.97 Å². The average Bonchev–Trinajstić information content (AvgIpc) is 3.06. The maximum absolute atomic E-state index is 11.9. The van der Waals surface area contributed by atoms with Crippen LogP contribution in [0.2, 0.25) is 0 Å². The lowest BCUT2D eigenvalue weighted by Gasteiger charge is -2.20. The molecule has 0 aromatic heterocycles. The Balaban J connectivity index is 1.53. The zero-order valence-electron chi connectivity index (χ0n) is 14.9. The molecule has 1 fully saturated rings. The van der Waals surface area contributed by atoms with E-state index in [-0.39, 0.29) is 5.97 Å².